The minimum absolute atomic E-state index is 0.0926. The van der Waals surface area contributed by atoms with Gasteiger partial charge in [-0.05, 0) is 31.9 Å². The molecule has 4 rings (SSSR count). The highest BCUT2D eigenvalue weighted by Crippen LogP contribution is 2.31. The number of carbonyl (C=O) groups is 1. The Hall–Kier alpha value is -3.33. The van der Waals surface area contributed by atoms with Gasteiger partial charge in [0.1, 0.15) is 17.7 Å². The number of amides is 1. The van der Waals surface area contributed by atoms with Crippen molar-refractivity contribution in [3.8, 4) is 11.4 Å². The quantitative estimate of drug-likeness (QED) is 0.401. The molecule has 3 aromatic rings. The highest BCUT2D eigenvalue weighted by Gasteiger charge is 2.45. The Labute approximate surface area is 203 Å². The minimum Gasteiger partial charge on any atom is -0.353 e. The Morgan fingerprint density at radius 1 is 1.25 bits per heavy atom. The predicted molar refractivity (Wildman–Crippen MR) is 123 cm³/mol. The van der Waals surface area contributed by atoms with Crippen molar-refractivity contribution in [1.82, 2.24) is 29.6 Å². The van der Waals surface area contributed by atoms with E-state index < -0.39 is 45.8 Å². The van der Waals surface area contributed by atoms with Crippen molar-refractivity contribution in [3.05, 3.63) is 36.5 Å². The van der Waals surface area contributed by atoms with Crippen molar-refractivity contribution in [2.24, 2.45) is 0 Å². The van der Waals surface area contributed by atoms with Crippen molar-refractivity contribution >= 4 is 32.8 Å². The molecule has 3 N–H and O–H groups in total. The number of nitrogens with one attached hydrogen (secondary N) is 3. The number of rotatable bonds is 7. The number of aromatic nitrogens is 4. The lowest BCUT2D eigenvalue weighted by Crippen LogP contribution is -2.60. The van der Waals surface area contributed by atoms with Crippen molar-refractivity contribution in [3.63, 3.8) is 0 Å². The van der Waals surface area contributed by atoms with E-state index in [-0.39, 0.29) is 37.5 Å². The monoisotopic (exact) mass is 529 g/mol. The fourth-order valence-corrected chi connectivity index (χ4v) is 5.14. The molecule has 10 nitrogen and oxygen atoms in total. The van der Waals surface area contributed by atoms with Gasteiger partial charge in [-0.15, -0.1) is 0 Å². The smallest absolute Gasteiger partial charge is 0.353 e. The molecule has 36 heavy (non-hydrogen) atoms. The first-order valence-corrected chi connectivity index (χ1v) is 12.6. The third-order valence-corrected chi connectivity index (χ3v) is 7.89. The summed E-state index contributed by atoms with van der Waals surface area (Å²) in [6.07, 6.45) is -1.03. The zero-order chi connectivity index (χ0) is 26.1. The van der Waals surface area contributed by atoms with E-state index in [2.05, 4.69) is 25.3 Å². The molecule has 0 bridgehead atoms. The van der Waals surface area contributed by atoms with Gasteiger partial charge in [0.2, 0.25) is 15.9 Å². The number of hydrogen-bond acceptors (Lipinski definition) is 7. The number of H-pyrrole nitrogens is 1. The van der Waals surface area contributed by atoms with Crippen LogP contribution in [-0.4, -0.2) is 75.7 Å². The Morgan fingerprint density at radius 2 is 1.97 bits per heavy atom. The number of pyridine rings is 1. The van der Waals surface area contributed by atoms with Crippen LogP contribution in [0.3, 0.4) is 0 Å². The first-order chi connectivity index (χ1) is 16.9. The standard InChI is InChI=1S/C21H23F4N7O3S/c1-2-36(34,35)32-8-5-20(6-9-32,19(33)29-12-21(23,24)25)31-18-15(22)11-28-17(30-18)14-10-27-16-13(14)4-3-7-26-16/h3-4,7,10-11H,2,5-6,8-9,12H2,1H3,(H,26,27)(H,29,33)(H,28,30,31). The summed E-state index contributed by atoms with van der Waals surface area (Å²) in [7, 11) is -3.59. The molecule has 3 aromatic heterocycles. The lowest BCUT2D eigenvalue weighted by Gasteiger charge is -2.40. The van der Waals surface area contributed by atoms with Crippen molar-refractivity contribution < 1.29 is 30.8 Å². The molecule has 1 fully saturated rings. The normalized spacial score (nSPS) is 16.7. The molecule has 4 heterocycles. The lowest BCUT2D eigenvalue weighted by atomic mass is 9.87. The Morgan fingerprint density at radius 3 is 2.64 bits per heavy atom. The van der Waals surface area contributed by atoms with Gasteiger partial charge in [-0.2, -0.15) is 13.2 Å². The van der Waals surface area contributed by atoms with Gasteiger partial charge in [-0.25, -0.2) is 32.1 Å². The number of carbonyl (C=O) groups excluding carboxylic acids is 1. The maximum absolute atomic E-state index is 14.8. The van der Waals surface area contributed by atoms with Crippen LogP contribution in [0.2, 0.25) is 0 Å². The number of fused-ring (bicyclic) bond motifs is 1. The second-order valence-corrected chi connectivity index (χ2v) is 10.6. The van der Waals surface area contributed by atoms with E-state index >= 15 is 0 Å². The summed E-state index contributed by atoms with van der Waals surface area (Å²) in [6, 6.07) is 3.45. The van der Waals surface area contributed by atoms with Crippen LogP contribution < -0.4 is 10.6 Å². The molecule has 1 saturated heterocycles. The second-order valence-electron chi connectivity index (χ2n) is 8.30. The van der Waals surface area contributed by atoms with Gasteiger partial charge in [0.15, 0.2) is 17.5 Å². The summed E-state index contributed by atoms with van der Waals surface area (Å²) in [5.41, 5.74) is -0.692. The molecule has 1 aliphatic heterocycles. The Balaban J connectivity index is 1.67. The Bertz CT molecular complexity index is 1370. The molecule has 0 atom stereocenters. The van der Waals surface area contributed by atoms with E-state index in [4.69, 9.17) is 0 Å². The van der Waals surface area contributed by atoms with Crippen LogP contribution in [0.1, 0.15) is 19.8 Å². The number of aromatic amines is 1. The van der Waals surface area contributed by atoms with Crippen LogP contribution in [0.5, 0.6) is 0 Å². The van der Waals surface area contributed by atoms with E-state index in [1.165, 1.54) is 6.92 Å². The van der Waals surface area contributed by atoms with Gasteiger partial charge in [0, 0.05) is 36.4 Å². The molecular weight excluding hydrogens is 506 g/mol. The first-order valence-electron chi connectivity index (χ1n) is 11.0. The van der Waals surface area contributed by atoms with Crippen LogP contribution >= 0.6 is 0 Å². The van der Waals surface area contributed by atoms with Gasteiger partial charge in [0.25, 0.3) is 0 Å². The summed E-state index contributed by atoms with van der Waals surface area (Å²) < 4.78 is 78.8. The molecule has 0 unspecified atom stereocenters. The van der Waals surface area contributed by atoms with E-state index in [1.54, 1.807) is 24.5 Å². The number of halogens is 4. The highest BCUT2D eigenvalue weighted by molar-refractivity contribution is 7.89. The zero-order valence-corrected chi connectivity index (χ0v) is 19.9. The number of alkyl halides is 3. The van der Waals surface area contributed by atoms with Crippen LogP contribution in [0.15, 0.2) is 30.7 Å². The van der Waals surface area contributed by atoms with Crippen LogP contribution in [0, 0.1) is 5.82 Å². The molecule has 1 aliphatic rings. The topological polar surface area (TPSA) is 133 Å². The number of anilines is 1. The van der Waals surface area contributed by atoms with Crippen molar-refractivity contribution in [1.29, 1.82) is 0 Å². The average molecular weight is 530 g/mol. The molecule has 1 amide bonds. The van der Waals surface area contributed by atoms with Gasteiger partial charge in [-0.1, -0.05) is 0 Å². The highest BCUT2D eigenvalue weighted by atomic mass is 32.2. The SMILES string of the molecule is CCS(=O)(=O)N1CCC(Nc2nc(-c3c[nH]c4ncccc34)ncc2F)(C(=O)NCC(F)(F)F)CC1. The van der Waals surface area contributed by atoms with E-state index in [0.29, 0.717) is 16.6 Å². The van der Waals surface area contributed by atoms with Gasteiger partial charge >= 0.3 is 6.18 Å². The van der Waals surface area contributed by atoms with Gasteiger partial charge < -0.3 is 15.6 Å². The summed E-state index contributed by atoms with van der Waals surface area (Å²) in [5.74, 6) is -2.44. The third kappa shape index (κ3) is 5.26. The summed E-state index contributed by atoms with van der Waals surface area (Å²) in [6.45, 7) is -0.415. The molecule has 0 spiro atoms. The van der Waals surface area contributed by atoms with Crippen LogP contribution in [0.25, 0.3) is 22.4 Å². The average Bonchev–Trinajstić information content (AvgIpc) is 3.28. The van der Waals surface area contributed by atoms with E-state index in [9.17, 15) is 30.8 Å². The maximum atomic E-state index is 14.8. The van der Waals surface area contributed by atoms with Gasteiger partial charge in [-0.3, -0.25) is 4.79 Å². The molecule has 0 radical (unpaired) electrons. The number of sulfonamides is 1. The predicted octanol–water partition coefficient (Wildman–Crippen LogP) is 2.43. The zero-order valence-electron chi connectivity index (χ0n) is 19.1. The lowest BCUT2D eigenvalue weighted by molar-refractivity contribution is -0.141. The molecular formula is C21H23F4N7O3S. The summed E-state index contributed by atoms with van der Waals surface area (Å²) in [4.78, 5) is 28.3. The molecule has 194 valence electrons. The third-order valence-electron chi connectivity index (χ3n) is 6.01. The fourth-order valence-electron chi connectivity index (χ4n) is 4.04. The van der Waals surface area contributed by atoms with E-state index in [0.717, 1.165) is 10.5 Å². The van der Waals surface area contributed by atoms with Crippen LogP contribution in [0.4, 0.5) is 23.4 Å². The Kier molecular flexibility index (Phi) is 6.88. The van der Waals surface area contributed by atoms with Gasteiger partial charge in [0.05, 0.1) is 11.9 Å². The van der Waals surface area contributed by atoms with Crippen molar-refractivity contribution in [2.45, 2.75) is 31.5 Å². The van der Waals surface area contributed by atoms with E-state index in [1.807, 2.05) is 5.32 Å². The van der Waals surface area contributed by atoms with Crippen LogP contribution in [-0.2, 0) is 14.8 Å². The summed E-state index contributed by atoms with van der Waals surface area (Å²) in [5, 5.41) is 5.18. The minimum atomic E-state index is -4.67. The first kappa shape index (κ1) is 25.8. The largest absolute Gasteiger partial charge is 0.405 e. The summed E-state index contributed by atoms with van der Waals surface area (Å²) >= 11 is 0. The number of hydrogen-bond donors (Lipinski definition) is 3. The molecule has 15 heteroatoms. The maximum Gasteiger partial charge on any atom is 0.405 e. The molecule has 0 aliphatic carbocycles. The molecule has 0 saturated carbocycles. The number of piperidine rings is 1. The second kappa shape index (κ2) is 9.61. The number of nitrogens with zero attached hydrogens (tertiary/aromatic N) is 4. The fraction of sp³-hybridized carbons (Fsp3) is 0.429. The van der Waals surface area contributed by atoms with Crippen molar-refractivity contribution in [2.75, 3.05) is 30.7 Å². The molecule has 0 aromatic carbocycles.